The fourth-order valence-electron chi connectivity index (χ4n) is 1.67. The third-order valence-electron chi connectivity index (χ3n) is 2.96. The monoisotopic (exact) mass is 321 g/mol. The van der Waals surface area contributed by atoms with Gasteiger partial charge in [-0.05, 0) is 13.5 Å². The average Bonchev–Trinajstić information content (AvgIpc) is 2.95. The molecule has 0 aromatic carbocycles. The van der Waals surface area contributed by atoms with Gasteiger partial charge in [0, 0.05) is 30.5 Å². The molecule has 0 atom stereocenters. The molecule has 0 amide bonds. The molecule has 0 unspecified atom stereocenters. The molecule has 1 aliphatic rings. The Balaban J connectivity index is 2.01. The Morgan fingerprint density at radius 3 is 2.20 bits per heavy atom. The Bertz CT molecular complexity index is 309. The van der Waals surface area contributed by atoms with Crippen LogP contribution in [0.2, 0.25) is 0 Å². The summed E-state index contributed by atoms with van der Waals surface area (Å²) in [6.45, 7) is 2.92. The van der Waals surface area contributed by atoms with Crippen LogP contribution in [-0.4, -0.2) is 61.2 Å². The van der Waals surface area contributed by atoms with Gasteiger partial charge >= 0.3 is 11.9 Å². The maximum absolute atomic E-state index is 11.5. The third-order valence-corrected chi connectivity index (χ3v) is 5.48. The molecule has 1 heterocycles. The molecule has 0 saturated carbocycles. The second kappa shape index (κ2) is 10.3. The van der Waals surface area contributed by atoms with Gasteiger partial charge < -0.3 is 14.4 Å². The van der Waals surface area contributed by atoms with Gasteiger partial charge in [-0.25, -0.2) is 0 Å². The second-order valence-electron chi connectivity index (χ2n) is 4.64. The van der Waals surface area contributed by atoms with Gasteiger partial charge in [-0.15, -0.1) is 0 Å². The van der Waals surface area contributed by atoms with Crippen molar-refractivity contribution in [3.63, 3.8) is 0 Å². The van der Waals surface area contributed by atoms with Crippen LogP contribution in [0.4, 0.5) is 0 Å². The predicted octanol–water partition coefficient (Wildman–Crippen LogP) is 1.96. The van der Waals surface area contributed by atoms with Crippen molar-refractivity contribution in [1.82, 2.24) is 4.90 Å². The molecule has 0 aromatic heterocycles. The minimum Gasteiger partial charge on any atom is -0.462 e. The molecule has 0 spiro atoms. The summed E-state index contributed by atoms with van der Waals surface area (Å²) in [6.07, 6.45) is 1.56. The maximum atomic E-state index is 11.5. The number of rotatable bonds is 9. The topological polar surface area (TPSA) is 55.8 Å². The lowest BCUT2D eigenvalue weighted by molar-refractivity contribution is -0.152. The van der Waals surface area contributed by atoms with E-state index in [1.54, 1.807) is 0 Å². The Morgan fingerprint density at radius 1 is 1.10 bits per heavy atom. The molecule has 0 aliphatic carbocycles. The first-order valence-corrected chi connectivity index (χ1v) is 9.38. The molecular weight excluding hydrogens is 298 g/mol. The number of carbonyl (C=O) groups is 2. The van der Waals surface area contributed by atoms with Gasteiger partial charge in [0.15, 0.2) is 0 Å². The lowest BCUT2D eigenvalue weighted by atomic mass is 10.3. The van der Waals surface area contributed by atoms with Crippen molar-refractivity contribution < 1.29 is 19.1 Å². The van der Waals surface area contributed by atoms with E-state index in [1.165, 1.54) is 0 Å². The molecule has 1 saturated heterocycles. The standard InChI is InChI=1S/C13H23NO4S2/c1-3-4-12(15)17-7-8-18-13(16)5-6-14(2)11-9-19-20-10-11/h11H,3-10H2,1-2H3. The van der Waals surface area contributed by atoms with Crippen molar-refractivity contribution in [2.75, 3.05) is 38.3 Å². The van der Waals surface area contributed by atoms with Gasteiger partial charge in [0.25, 0.3) is 0 Å². The van der Waals surface area contributed by atoms with Crippen LogP contribution in [0.15, 0.2) is 0 Å². The molecular formula is C13H23NO4S2. The van der Waals surface area contributed by atoms with E-state index < -0.39 is 0 Å². The highest BCUT2D eigenvalue weighted by Gasteiger charge is 2.21. The van der Waals surface area contributed by atoms with Crippen molar-refractivity contribution in [2.24, 2.45) is 0 Å². The highest BCUT2D eigenvalue weighted by atomic mass is 33.1. The Morgan fingerprint density at radius 2 is 1.65 bits per heavy atom. The van der Waals surface area contributed by atoms with Crippen molar-refractivity contribution in [3.8, 4) is 0 Å². The highest BCUT2D eigenvalue weighted by molar-refractivity contribution is 8.77. The number of esters is 2. The minimum absolute atomic E-state index is 0.146. The normalized spacial score (nSPS) is 15.6. The van der Waals surface area contributed by atoms with Gasteiger partial charge in [0.2, 0.25) is 0 Å². The quantitative estimate of drug-likeness (QED) is 0.365. The number of nitrogens with zero attached hydrogens (tertiary/aromatic N) is 1. The largest absolute Gasteiger partial charge is 0.462 e. The summed E-state index contributed by atoms with van der Waals surface area (Å²) in [6, 6.07) is 0.549. The zero-order valence-electron chi connectivity index (χ0n) is 12.1. The van der Waals surface area contributed by atoms with Crippen LogP contribution < -0.4 is 0 Å². The van der Waals surface area contributed by atoms with Gasteiger partial charge in [-0.3, -0.25) is 9.59 Å². The average molecular weight is 321 g/mol. The Kier molecular flexibility index (Phi) is 9.13. The summed E-state index contributed by atoms with van der Waals surface area (Å²) >= 11 is 0. The summed E-state index contributed by atoms with van der Waals surface area (Å²) in [5, 5.41) is 0. The van der Waals surface area contributed by atoms with Crippen LogP contribution in [-0.2, 0) is 19.1 Å². The molecule has 20 heavy (non-hydrogen) atoms. The van der Waals surface area contributed by atoms with Gasteiger partial charge in [0.05, 0.1) is 6.42 Å². The summed E-state index contributed by atoms with van der Waals surface area (Å²) in [5.74, 6) is 1.76. The molecule has 7 heteroatoms. The van der Waals surface area contributed by atoms with Crippen LogP contribution in [0.3, 0.4) is 0 Å². The van der Waals surface area contributed by atoms with E-state index in [9.17, 15) is 9.59 Å². The fourth-order valence-corrected chi connectivity index (χ4v) is 4.59. The molecule has 116 valence electrons. The second-order valence-corrected chi connectivity index (χ2v) is 7.20. The summed E-state index contributed by atoms with van der Waals surface area (Å²) in [5.41, 5.74) is 0. The first-order chi connectivity index (χ1) is 9.63. The number of ether oxygens (including phenoxy) is 2. The van der Waals surface area contributed by atoms with E-state index in [2.05, 4.69) is 4.90 Å². The molecule has 5 nitrogen and oxygen atoms in total. The number of carbonyl (C=O) groups excluding carboxylic acids is 2. The van der Waals surface area contributed by atoms with Crippen LogP contribution in [0.5, 0.6) is 0 Å². The van der Waals surface area contributed by atoms with Gasteiger partial charge in [0.1, 0.15) is 13.2 Å². The van der Waals surface area contributed by atoms with Crippen LogP contribution in [0, 0.1) is 0 Å². The van der Waals surface area contributed by atoms with E-state index in [1.807, 2.05) is 35.6 Å². The van der Waals surface area contributed by atoms with Gasteiger partial charge in [-0.2, -0.15) is 0 Å². The molecule has 1 aliphatic heterocycles. The Labute approximate surface area is 128 Å². The van der Waals surface area contributed by atoms with Crippen LogP contribution in [0.25, 0.3) is 0 Å². The smallest absolute Gasteiger partial charge is 0.307 e. The van der Waals surface area contributed by atoms with Crippen molar-refractivity contribution in [2.45, 2.75) is 32.2 Å². The highest BCUT2D eigenvalue weighted by Crippen LogP contribution is 2.32. The van der Waals surface area contributed by atoms with Crippen LogP contribution >= 0.6 is 21.6 Å². The lowest BCUT2D eigenvalue weighted by Gasteiger charge is -2.22. The van der Waals surface area contributed by atoms with Crippen LogP contribution in [0.1, 0.15) is 26.2 Å². The first kappa shape index (κ1) is 17.7. The molecule has 1 fully saturated rings. The molecule has 0 N–H and O–H groups in total. The van der Waals surface area contributed by atoms with E-state index in [0.717, 1.165) is 17.9 Å². The maximum Gasteiger partial charge on any atom is 0.307 e. The summed E-state index contributed by atoms with van der Waals surface area (Å²) in [7, 11) is 5.80. The van der Waals surface area contributed by atoms with E-state index >= 15 is 0 Å². The van der Waals surface area contributed by atoms with E-state index in [4.69, 9.17) is 9.47 Å². The predicted molar refractivity (Wildman–Crippen MR) is 82.8 cm³/mol. The zero-order chi connectivity index (χ0) is 14.8. The third kappa shape index (κ3) is 7.40. The molecule has 1 rings (SSSR count). The SMILES string of the molecule is CCCC(=O)OCCOC(=O)CCN(C)C1CSSC1. The van der Waals surface area contributed by atoms with E-state index in [-0.39, 0.29) is 25.2 Å². The molecule has 0 bridgehead atoms. The van der Waals surface area contributed by atoms with Gasteiger partial charge in [-0.1, -0.05) is 28.5 Å². The number of hydrogen-bond donors (Lipinski definition) is 0. The van der Waals surface area contributed by atoms with E-state index in [0.29, 0.717) is 25.4 Å². The van der Waals surface area contributed by atoms with Crippen molar-refractivity contribution >= 4 is 33.5 Å². The Hall–Kier alpha value is -0.400. The first-order valence-electron chi connectivity index (χ1n) is 6.89. The van der Waals surface area contributed by atoms with Crippen molar-refractivity contribution in [3.05, 3.63) is 0 Å². The zero-order valence-corrected chi connectivity index (χ0v) is 13.8. The minimum atomic E-state index is -0.237. The summed E-state index contributed by atoms with van der Waals surface area (Å²) in [4.78, 5) is 24.8. The van der Waals surface area contributed by atoms with Crippen molar-refractivity contribution in [1.29, 1.82) is 0 Å². The molecule has 0 aromatic rings. The lowest BCUT2D eigenvalue weighted by Crippen LogP contribution is -2.35. The summed E-state index contributed by atoms with van der Waals surface area (Å²) < 4.78 is 9.94. The molecule has 0 radical (unpaired) electrons. The fraction of sp³-hybridized carbons (Fsp3) is 0.846. The number of hydrogen-bond acceptors (Lipinski definition) is 7.